The Hall–Kier alpha value is -3.61. The number of fused-ring (bicyclic) bond motifs is 1. The number of aromatic nitrogens is 4. The van der Waals surface area contributed by atoms with Crippen LogP contribution in [0.5, 0.6) is 0 Å². The Morgan fingerprint density at radius 3 is 2.74 bits per heavy atom. The van der Waals surface area contributed by atoms with E-state index in [4.69, 9.17) is 4.74 Å². The first-order valence-electron chi connectivity index (χ1n) is 8.53. The summed E-state index contributed by atoms with van der Waals surface area (Å²) in [5.41, 5.74) is 4.72. The number of imidazole rings is 1. The third-order valence-electron chi connectivity index (χ3n) is 4.34. The zero-order valence-electron chi connectivity index (χ0n) is 15.1. The van der Waals surface area contributed by atoms with Crippen LogP contribution in [0.25, 0.3) is 22.3 Å². The molecule has 0 unspecified atom stereocenters. The minimum atomic E-state index is -0.547. The molecule has 0 aliphatic carbocycles. The fourth-order valence-corrected chi connectivity index (χ4v) is 2.97. The predicted molar refractivity (Wildman–Crippen MR) is 103 cm³/mol. The fraction of sp³-hybridized carbons (Fsp3) is 0.150. The van der Waals surface area contributed by atoms with Crippen molar-refractivity contribution >= 4 is 22.9 Å². The number of nitrogens with zero attached hydrogens (tertiary/aromatic N) is 4. The highest BCUT2D eigenvalue weighted by molar-refractivity contribution is 5.84. The highest BCUT2D eigenvalue weighted by Gasteiger charge is 2.11. The van der Waals surface area contributed by atoms with Gasteiger partial charge >= 0.3 is 6.09 Å². The summed E-state index contributed by atoms with van der Waals surface area (Å²) in [5.74, 6) is 0.446. The van der Waals surface area contributed by atoms with Gasteiger partial charge in [-0.3, -0.25) is 10.00 Å². The molecule has 1 N–H and O–H groups in total. The zero-order valence-corrected chi connectivity index (χ0v) is 15.1. The number of hydrogen-bond acceptors (Lipinski definition) is 4. The number of aryl methyl sites for hydroxylation is 2. The summed E-state index contributed by atoms with van der Waals surface area (Å²) in [6, 6.07) is 17.5. The lowest BCUT2D eigenvalue weighted by Crippen LogP contribution is -2.14. The van der Waals surface area contributed by atoms with Crippen LogP contribution in [0.2, 0.25) is 0 Å². The SMILES string of the molecule is Cn1nc(NC(=O)OCc2ccc3c(c2)ncn3C)cc1-c1ccccc1. The number of carbonyl (C=O) groups is 1. The molecule has 0 spiro atoms. The van der Waals surface area contributed by atoms with Crippen LogP contribution < -0.4 is 5.32 Å². The first-order chi connectivity index (χ1) is 13.1. The monoisotopic (exact) mass is 361 g/mol. The van der Waals surface area contributed by atoms with Gasteiger partial charge in [0.2, 0.25) is 0 Å². The first kappa shape index (κ1) is 16.8. The third-order valence-corrected chi connectivity index (χ3v) is 4.34. The molecule has 136 valence electrons. The smallest absolute Gasteiger partial charge is 0.413 e. The summed E-state index contributed by atoms with van der Waals surface area (Å²) >= 11 is 0. The van der Waals surface area contributed by atoms with Crippen molar-refractivity contribution in [2.45, 2.75) is 6.61 Å². The molecule has 7 heteroatoms. The maximum atomic E-state index is 12.1. The molecule has 0 radical (unpaired) electrons. The molecule has 2 heterocycles. The Morgan fingerprint density at radius 1 is 1.11 bits per heavy atom. The van der Waals surface area contributed by atoms with Crippen molar-refractivity contribution in [3.63, 3.8) is 0 Å². The molecule has 0 bridgehead atoms. The minimum absolute atomic E-state index is 0.163. The Kier molecular flexibility index (Phi) is 4.33. The van der Waals surface area contributed by atoms with Gasteiger partial charge in [-0.2, -0.15) is 5.10 Å². The lowest BCUT2D eigenvalue weighted by Gasteiger charge is -2.05. The third kappa shape index (κ3) is 3.52. The van der Waals surface area contributed by atoms with Gasteiger partial charge in [0.1, 0.15) is 6.61 Å². The van der Waals surface area contributed by atoms with Crippen molar-refractivity contribution in [2.75, 3.05) is 5.32 Å². The number of carbonyl (C=O) groups excluding carboxylic acids is 1. The van der Waals surface area contributed by atoms with E-state index in [0.717, 1.165) is 27.9 Å². The molecule has 0 saturated carbocycles. The molecule has 1 amide bonds. The van der Waals surface area contributed by atoms with Crippen molar-refractivity contribution in [1.82, 2.24) is 19.3 Å². The number of ether oxygens (including phenoxy) is 1. The Labute approximate surface area is 156 Å². The van der Waals surface area contributed by atoms with Crippen LogP contribution in [0.1, 0.15) is 5.56 Å². The van der Waals surface area contributed by atoms with Crippen molar-refractivity contribution < 1.29 is 9.53 Å². The summed E-state index contributed by atoms with van der Waals surface area (Å²) in [7, 11) is 3.77. The first-order valence-corrected chi connectivity index (χ1v) is 8.53. The van der Waals surface area contributed by atoms with Crippen LogP contribution >= 0.6 is 0 Å². The standard InChI is InChI=1S/C20H19N5O2/c1-24-13-21-16-10-14(8-9-17(16)24)12-27-20(26)22-19-11-18(25(2)23-19)15-6-4-3-5-7-15/h3-11,13H,12H2,1-2H3,(H,22,23,26). The average molecular weight is 361 g/mol. The summed E-state index contributed by atoms with van der Waals surface area (Å²) in [6.07, 6.45) is 1.21. The molecule has 0 atom stereocenters. The molecular formula is C20H19N5O2. The summed E-state index contributed by atoms with van der Waals surface area (Å²) in [5, 5.41) is 6.99. The van der Waals surface area contributed by atoms with Gasteiger partial charge < -0.3 is 9.30 Å². The van der Waals surface area contributed by atoms with Crippen molar-refractivity contribution in [3.8, 4) is 11.3 Å². The van der Waals surface area contributed by atoms with Gasteiger partial charge in [-0.15, -0.1) is 0 Å². The molecule has 0 saturated heterocycles. The second-order valence-electron chi connectivity index (χ2n) is 6.28. The van der Waals surface area contributed by atoms with Gasteiger partial charge in [0.05, 0.1) is 23.1 Å². The molecule has 2 aromatic carbocycles. The molecule has 0 aliphatic heterocycles. The lowest BCUT2D eigenvalue weighted by atomic mass is 10.1. The van der Waals surface area contributed by atoms with Gasteiger partial charge in [0, 0.05) is 20.2 Å². The Bertz CT molecular complexity index is 1100. The highest BCUT2D eigenvalue weighted by atomic mass is 16.5. The number of benzene rings is 2. The van der Waals surface area contributed by atoms with Gasteiger partial charge in [0.25, 0.3) is 0 Å². The number of anilines is 1. The second-order valence-corrected chi connectivity index (χ2v) is 6.28. The molecule has 0 aliphatic rings. The molecular weight excluding hydrogens is 342 g/mol. The van der Waals surface area contributed by atoms with E-state index in [1.54, 1.807) is 11.0 Å². The number of amides is 1. The van der Waals surface area contributed by atoms with Crippen LogP contribution in [0, 0.1) is 0 Å². The summed E-state index contributed by atoms with van der Waals surface area (Å²) in [6.45, 7) is 0.163. The van der Waals surface area contributed by atoms with E-state index in [1.807, 2.05) is 73.3 Å². The maximum absolute atomic E-state index is 12.1. The number of rotatable bonds is 4. The maximum Gasteiger partial charge on any atom is 0.413 e. The number of nitrogens with one attached hydrogen (secondary N) is 1. The highest BCUT2D eigenvalue weighted by Crippen LogP contribution is 2.21. The van der Waals surface area contributed by atoms with Crippen molar-refractivity contribution in [2.24, 2.45) is 14.1 Å². The average Bonchev–Trinajstić information content (AvgIpc) is 3.23. The van der Waals surface area contributed by atoms with Crippen LogP contribution in [0.3, 0.4) is 0 Å². The quantitative estimate of drug-likeness (QED) is 0.601. The van der Waals surface area contributed by atoms with Crippen molar-refractivity contribution in [3.05, 3.63) is 66.5 Å². The predicted octanol–water partition coefficient (Wildman–Crippen LogP) is 3.72. The largest absolute Gasteiger partial charge is 0.444 e. The molecule has 27 heavy (non-hydrogen) atoms. The van der Waals surface area contributed by atoms with Gasteiger partial charge in [-0.05, 0) is 23.3 Å². The zero-order chi connectivity index (χ0) is 18.8. The molecule has 7 nitrogen and oxygen atoms in total. The van der Waals surface area contributed by atoms with Crippen LogP contribution in [0.15, 0.2) is 60.9 Å². The summed E-state index contributed by atoms with van der Waals surface area (Å²) < 4.78 is 8.97. The van der Waals surface area contributed by atoms with E-state index in [2.05, 4.69) is 15.4 Å². The fourth-order valence-electron chi connectivity index (χ4n) is 2.97. The normalized spacial score (nSPS) is 10.9. The second kappa shape index (κ2) is 6.95. The molecule has 2 aromatic heterocycles. The lowest BCUT2D eigenvalue weighted by molar-refractivity contribution is 0.155. The van der Waals surface area contributed by atoms with Crippen LogP contribution in [-0.2, 0) is 25.4 Å². The Balaban J connectivity index is 1.40. The van der Waals surface area contributed by atoms with E-state index < -0.39 is 6.09 Å². The van der Waals surface area contributed by atoms with Gasteiger partial charge in [0.15, 0.2) is 5.82 Å². The van der Waals surface area contributed by atoms with Gasteiger partial charge in [-0.25, -0.2) is 9.78 Å². The summed E-state index contributed by atoms with van der Waals surface area (Å²) in [4.78, 5) is 16.4. The van der Waals surface area contributed by atoms with Gasteiger partial charge in [-0.1, -0.05) is 36.4 Å². The molecule has 4 aromatic rings. The molecule has 4 rings (SSSR count). The molecule has 0 fully saturated rings. The van der Waals surface area contributed by atoms with E-state index in [-0.39, 0.29) is 6.61 Å². The van der Waals surface area contributed by atoms with Crippen LogP contribution in [0.4, 0.5) is 10.6 Å². The van der Waals surface area contributed by atoms with E-state index in [0.29, 0.717) is 5.82 Å². The van der Waals surface area contributed by atoms with E-state index in [1.165, 1.54) is 0 Å². The van der Waals surface area contributed by atoms with E-state index >= 15 is 0 Å². The number of hydrogen-bond donors (Lipinski definition) is 1. The van der Waals surface area contributed by atoms with E-state index in [9.17, 15) is 4.79 Å². The topological polar surface area (TPSA) is 74.0 Å². The Morgan fingerprint density at radius 2 is 1.93 bits per heavy atom. The van der Waals surface area contributed by atoms with Crippen molar-refractivity contribution in [1.29, 1.82) is 0 Å². The minimum Gasteiger partial charge on any atom is -0.444 e. The van der Waals surface area contributed by atoms with Crippen LogP contribution in [-0.4, -0.2) is 25.4 Å².